The molecule has 0 unspecified atom stereocenters. The quantitative estimate of drug-likeness (QED) is 0.107. The second-order valence-electron chi connectivity index (χ2n) is 11.5. The second-order valence-corrected chi connectivity index (χ2v) is 13.4. The number of ether oxygens (including phenoxy) is 4. The van der Waals surface area contributed by atoms with Gasteiger partial charge in [-0.3, -0.25) is 9.80 Å². The van der Waals surface area contributed by atoms with Gasteiger partial charge in [-0.15, -0.1) is 22.7 Å². The van der Waals surface area contributed by atoms with Crippen LogP contribution in [0, 0.1) is 0 Å². The van der Waals surface area contributed by atoms with E-state index in [1.807, 2.05) is 0 Å². The average Bonchev–Trinajstić information content (AvgIpc) is 3.84. The summed E-state index contributed by atoms with van der Waals surface area (Å²) in [7, 11) is 0. The molecule has 2 aliphatic rings. The molecule has 0 saturated carbocycles. The van der Waals surface area contributed by atoms with Crippen molar-refractivity contribution in [3.8, 4) is 0 Å². The van der Waals surface area contributed by atoms with Gasteiger partial charge in [0.25, 0.3) is 0 Å². The van der Waals surface area contributed by atoms with Crippen molar-refractivity contribution in [3.63, 3.8) is 0 Å². The number of hydrogen-bond donors (Lipinski definition) is 0. The zero-order chi connectivity index (χ0) is 30.1. The maximum atomic E-state index is 12.4. The largest absolute Gasteiger partial charge is 0.453 e. The fourth-order valence-electron chi connectivity index (χ4n) is 5.91. The third-order valence-corrected chi connectivity index (χ3v) is 10.2. The Bertz CT molecular complexity index is 1420. The molecule has 6 rings (SSSR count). The van der Waals surface area contributed by atoms with Gasteiger partial charge < -0.3 is 18.9 Å². The van der Waals surface area contributed by atoms with Crippen LogP contribution in [0.3, 0.4) is 0 Å². The second kappa shape index (κ2) is 15.4. The summed E-state index contributed by atoms with van der Waals surface area (Å²) in [6, 6.07) is 17.4. The Morgan fingerprint density at radius 2 is 1.14 bits per heavy atom. The van der Waals surface area contributed by atoms with Crippen molar-refractivity contribution in [1.82, 2.24) is 9.80 Å². The number of rotatable bonds is 14. The van der Waals surface area contributed by atoms with Crippen LogP contribution in [0.25, 0.3) is 20.2 Å². The lowest BCUT2D eigenvalue weighted by molar-refractivity contribution is -0.173. The van der Waals surface area contributed by atoms with E-state index < -0.39 is 11.9 Å². The molecule has 0 aliphatic carbocycles. The van der Waals surface area contributed by atoms with Gasteiger partial charge in [-0.2, -0.15) is 0 Å². The van der Waals surface area contributed by atoms with Crippen LogP contribution >= 0.6 is 22.7 Å². The number of fused-ring (bicyclic) bond motifs is 2. The van der Waals surface area contributed by atoms with Gasteiger partial charge in [0.1, 0.15) is 12.2 Å². The first-order chi connectivity index (χ1) is 21.6. The van der Waals surface area contributed by atoms with Crippen LogP contribution in [0.15, 0.2) is 59.3 Å². The molecular formula is C34H40N2O6S2. The van der Waals surface area contributed by atoms with E-state index >= 15 is 0 Å². The molecule has 10 heteroatoms. The van der Waals surface area contributed by atoms with Crippen molar-refractivity contribution in [3.05, 3.63) is 70.4 Å². The van der Waals surface area contributed by atoms with E-state index in [9.17, 15) is 9.59 Å². The first-order valence-corrected chi connectivity index (χ1v) is 17.3. The Kier molecular flexibility index (Phi) is 10.9. The maximum Gasteiger partial charge on any atom is 0.417 e. The molecule has 0 spiro atoms. The highest BCUT2D eigenvalue weighted by Gasteiger charge is 2.32. The first-order valence-electron chi connectivity index (χ1n) is 15.5. The zero-order valence-corrected chi connectivity index (χ0v) is 26.6. The van der Waals surface area contributed by atoms with Gasteiger partial charge in [0.05, 0.1) is 26.4 Å². The summed E-state index contributed by atoms with van der Waals surface area (Å²) >= 11 is 3.52. The molecule has 2 aliphatic heterocycles. The van der Waals surface area contributed by atoms with Gasteiger partial charge in [-0.1, -0.05) is 24.3 Å². The lowest BCUT2D eigenvalue weighted by Crippen LogP contribution is -2.33. The zero-order valence-electron chi connectivity index (χ0n) is 25.0. The molecule has 2 fully saturated rings. The van der Waals surface area contributed by atoms with Gasteiger partial charge in [-0.05, 0) is 82.6 Å². The lowest BCUT2D eigenvalue weighted by atomic mass is 10.1. The fourth-order valence-corrected chi connectivity index (χ4v) is 7.45. The number of carbonyl (C=O) groups excluding carboxylic acids is 2. The predicted molar refractivity (Wildman–Crippen MR) is 175 cm³/mol. The minimum atomic E-state index is -0.891. The molecule has 2 aromatic heterocycles. The molecule has 234 valence electrons. The Morgan fingerprint density at radius 1 is 0.659 bits per heavy atom. The van der Waals surface area contributed by atoms with E-state index in [0.717, 1.165) is 39.0 Å². The summed E-state index contributed by atoms with van der Waals surface area (Å²) in [5, 5.41) is 6.81. The van der Waals surface area contributed by atoms with Crippen molar-refractivity contribution >= 4 is 54.8 Å². The van der Waals surface area contributed by atoms with E-state index in [0.29, 0.717) is 52.4 Å². The third-order valence-electron chi connectivity index (χ3n) is 8.38. The summed E-state index contributed by atoms with van der Waals surface area (Å²) in [5.41, 5.74) is 2.56. The number of likely N-dealkylation sites (tertiary alicyclic amines) is 2. The standard InChI is InChI=1S/C34H40N2O6S2/c37-33(41-29-5-11-35(23-29)13-17-39-15-7-25-1-3-31-27(21-25)9-19-43-31)34(38)42-30-6-12-36(24-30)14-18-40-16-8-26-2-4-32-28(22-26)10-20-44-32/h1-4,9-10,19-22,29-30H,5-8,11-18,23-24H2/t29-,30-/m0/s1. The first kappa shape index (κ1) is 31.1. The third kappa shape index (κ3) is 8.65. The van der Waals surface area contributed by atoms with Crippen LogP contribution < -0.4 is 0 Å². The molecule has 0 bridgehead atoms. The molecule has 2 aromatic carbocycles. The van der Waals surface area contributed by atoms with E-state index in [2.05, 4.69) is 69.1 Å². The summed E-state index contributed by atoms with van der Waals surface area (Å²) in [4.78, 5) is 29.3. The molecule has 44 heavy (non-hydrogen) atoms. The molecule has 0 N–H and O–H groups in total. The van der Waals surface area contributed by atoms with Gasteiger partial charge in [0, 0.05) is 48.7 Å². The van der Waals surface area contributed by atoms with Crippen LogP contribution in [-0.2, 0) is 41.4 Å². The van der Waals surface area contributed by atoms with E-state index in [4.69, 9.17) is 18.9 Å². The Morgan fingerprint density at radius 3 is 1.61 bits per heavy atom. The minimum absolute atomic E-state index is 0.295. The highest BCUT2D eigenvalue weighted by atomic mass is 32.1. The summed E-state index contributed by atoms with van der Waals surface area (Å²) in [6.45, 7) is 6.98. The maximum absolute atomic E-state index is 12.4. The minimum Gasteiger partial charge on any atom is -0.453 e. The van der Waals surface area contributed by atoms with Crippen molar-refractivity contribution in [2.24, 2.45) is 0 Å². The molecule has 8 nitrogen and oxygen atoms in total. The van der Waals surface area contributed by atoms with Gasteiger partial charge in [0.15, 0.2) is 0 Å². The number of benzene rings is 2. The molecule has 0 amide bonds. The number of hydrogen-bond acceptors (Lipinski definition) is 10. The fraction of sp³-hybridized carbons (Fsp3) is 0.471. The molecule has 2 saturated heterocycles. The van der Waals surface area contributed by atoms with Gasteiger partial charge in [-0.25, -0.2) is 9.59 Å². The summed E-state index contributed by atoms with van der Waals surface area (Å²) in [5.74, 6) is -1.78. The predicted octanol–water partition coefficient (Wildman–Crippen LogP) is 5.17. The van der Waals surface area contributed by atoms with Crippen LogP contribution in [0.1, 0.15) is 24.0 Å². The summed E-state index contributed by atoms with van der Waals surface area (Å²) < 4.78 is 25.3. The van der Waals surface area contributed by atoms with Crippen LogP contribution in [0.4, 0.5) is 0 Å². The van der Waals surface area contributed by atoms with Crippen molar-refractivity contribution < 1.29 is 28.5 Å². The molecule has 4 heterocycles. The van der Waals surface area contributed by atoms with Crippen LogP contribution in [0.2, 0.25) is 0 Å². The molecule has 0 radical (unpaired) electrons. The normalized spacial score (nSPS) is 19.3. The number of nitrogens with zero attached hydrogens (tertiary/aromatic N) is 2. The highest BCUT2D eigenvalue weighted by molar-refractivity contribution is 7.17. The Balaban J connectivity index is 0.797. The summed E-state index contributed by atoms with van der Waals surface area (Å²) in [6.07, 6.45) is 2.59. The number of thiophene rings is 2. The van der Waals surface area contributed by atoms with Crippen molar-refractivity contribution in [2.45, 2.75) is 37.9 Å². The topological polar surface area (TPSA) is 77.5 Å². The van der Waals surface area contributed by atoms with Gasteiger partial charge in [0.2, 0.25) is 0 Å². The van der Waals surface area contributed by atoms with Crippen molar-refractivity contribution in [1.29, 1.82) is 0 Å². The van der Waals surface area contributed by atoms with E-state index in [-0.39, 0.29) is 12.2 Å². The van der Waals surface area contributed by atoms with Crippen molar-refractivity contribution in [2.75, 3.05) is 65.7 Å². The van der Waals surface area contributed by atoms with Gasteiger partial charge >= 0.3 is 11.9 Å². The monoisotopic (exact) mass is 636 g/mol. The van der Waals surface area contributed by atoms with Crippen LogP contribution in [0.5, 0.6) is 0 Å². The number of esters is 2. The molecule has 2 atom stereocenters. The molecule has 4 aromatic rings. The smallest absolute Gasteiger partial charge is 0.417 e. The van der Waals surface area contributed by atoms with E-state index in [1.165, 1.54) is 31.3 Å². The number of carbonyl (C=O) groups is 2. The molecular weight excluding hydrogens is 597 g/mol. The van der Waals surface area contributed by atoms with Crippen LogP contribution in [-0.4, -0.2) is 99.6 Å². The Labute approximate surface area is 266 Å². The average molecular weight is 637 g/mol. The van der Waals surface area contributed by atoms with E-state index in [1.54, 1.807) is 22.7 Å². The lowest BCUT2D eigenvalue weighted by Gasteiger charge is -2.17. The SMILES string of the molecule is O=C(O[C@H]1CCN(CCOCCc2ccc3sccc3c2)C1)C(=O)O[C@H]1CCN(CCOCCc2ccc3sccc3c2)C1. The highest BCUT2D eigenvalue weighted by Crippen LogP contribution is 2.23. The Hall–Kier alpha value is -2.86.